The average molecular weight is 613 g/mol. The number of rotatable bonds is 9. The number of carbonyl (C=O) groups is 2. The predicted octanol–water partition coefficient (Wildman–Crippen LogP) is 3.93. The molecule has 2 N–H and O–H groups in total. The van der Waals surface area contributed by atoms with Crippen LogP contribution in [0.1, 0.15) is 84.0 Å². The summed E-state index contributed by atoms with van der Waals surface area (Å²) < 4.78 is 79.4. The van der Waals surface area contributed by atoms with Crippen molar-refractivity contribution in [3.8, 4) is 0 Å². The Hall–Kier alpha value is -3.89. The third-order valence-corrected chi connectivity index (χ3v) is 8.31. The smallest absolute Gasteiger partial charge is 0.382 e. The van der Waals surface area contributed by atoms with E-state index in [4.69, 9.17) is 9.37 Å². The molecule has 3 atom stereocenters. The van der Waals surface area contributed by atoms with Gasteiger partial charge in [0.1, 0.15) is 11.7 Å². The Morgan fingerprint density at radius 2 is 1.98 bits per heavy atom. The van der Waals surface area contributed by atoms with E-state index in [0.29, 0.717) is 17.0 Å². The number of aromatic nitrogens is 5. The summed E-state index contributed by atoms with van der Waals surface area (Å²) in [5.41, 5.74) is 1.52. The average Bonchev–Trinajstić information content (AvgIpc) is 3.33. The highest BCUT2D eigenvalue weighted by Crippen LogP contribution is 2.43. The lowest BCUT2D eigenvalue weighted by molar-refractivity contribution is -0.150. The summed E-state index contributed by atoms with van der Waals surface area (Å²) in [4.78, 5) is 31.5. The van der Waals surface area contributed by atoms with E-state index < -0.39 is 48.7 Å². The zero-order valence-electron chi connectivity index (χ0n) is 23.0. The zero-order valence-corrected chi connectivity index (χ0v) is 23.0. The van der Waals surface area contributed by atoms with Gasteiger partial charge in [-0.25, -0.2) is 27.7 Å². The first-order valence-corrected chi connectivity index (χ1v) is 13.9. The lowest BCUT2D eigenvalue weighted by atomic mass is 9.81. The van der Waals surface area contributed by atoms with Crippen LogP contribution in [0.15, 0.2) is 23.1 Å². The molecule has 3 aliphatic rings. The number of alkyl halides is 5. The number of halogens is 5. The fraction of sp³-hybridized carbons (Fsp3) is 0.615. The van der Waals surface area contributed by atoms with Gasteiger partial charge in [-0.15, -0.1) is 0 Å². The van der Waals surface area contributed by atoms with E-state index in [1.54, 1.807) is 12.3 Å². The van der Waals surface area contributed by atoms with Crippen LogP contribution < -0.4 is 10.6 Å². The number of amides is 3. The number of carbonyl (C=O) groups excluding carboxylic acids is 2. The highest BCUT2D eigenvalue weighted by atomic mass is 19.4. The molecule has 2 aliphatic carbocycles. The molecule has 6 rings (SSSR count). The maximum absolute atomic E-state index is 14.0. The Kier molecular flexibility index (Phi) is 7.46. The van der Waals surface area contributed by atoms with Gasteiger partial charge in [-0.05, 0) is 42.8 Å². The quantitative estimate of drug-likeness (QED) is 0.347. The van der Waals surface area contributed by atoms with Gasteiger partial charge >= 0.3 is 12.2 Å². The minimum atomic E-state index is -4.62. The summed E-state index contributed by atoms with van der Waals surface area (Å²) in [6.45, 7) is -0.713. The fourth-order valence-electron chi connectivity index (χ4n) is 5.79. The number of methoxy groups -OCH3 is 1. The van der Waals surface area contributed by atoms with Gasteiger partial charge < -0.3 is 20.3 Å². The normalized spacial score (nSPS) is 22.5. The molecule has 2 unspecified atom stereocenters. The van der Waals surface area contributed by atoms with Crippen LogP contribution in [0.5, 0.6) is 0 Å². The maximum atomic E-state index is 14.0. The van der Waals surface area contributed by atoms with Crippen molar-refractivity contribution in [3.63, 3.8) is 0 Å². The van der Waals surface area contributed by atoms with Crippen molar-refractivity contribution in [2.45, 2.75) is 74.7 Å². The standard InChI is InChI=1S/C26H29F5N8O4/c1-42-12-17(38-11-18(26(29,30)31)34-24(38)41)15-8-19-33-16(10-39(19)32-9-15)20(14-4-6-25(27,28)7-5-14)35-23(40)22-21(13-2-3-13)36-43-37-22/h8-10,13-14,17-18,20H,2-7,11-12H2,1H3,(H,34,41)(H,35,40)/t17?,18-,20?/m0/s1. The molecule has 0 aromatic carbocycles. The summed E-state index contributed by atoms with van der Waals surface area (Å²) in [6, 6.07) is -3.02. The molecule has 1 aliphatic heterocycles. The van der Waals surface area contributed by atoms with Crippen LogP contribution in [-0.2, 0) is 4.74 Å². The van der Waals surface area contributed by atoms with Crippen molar-refractivity contribution in [2.24, 2.45) is 5.92 Å². The molecular weight excluding hydrogens is 583 g/mol. The van der Waals surface area contributed by atoms with E-state index >= 15 is 0 Å². The Morgan fingerprint density at radius 1 is 1.23 bits per heavy atom. The van der Waals surface area contributed by atoms with Gasteiger partial charge in [0.15, 0.2) is 11.3 Å². The Bertz CT molecular complexity index is 1500. The van der Waals surface area contributed by atoms with Crippen LogP contribution >= 0.6 is 0 Å². The number of hydrogen-bond acceptors (Lipinski definition) is 8. The van der Waals surface area contributed by atoms with Gasteiger partial charge in [-0.2, -0.15) is 18.3 Å². The molecule has 0 spiro atoms. The molecule has 1 saturated heterocycles. The fourth-order valence-corrected chi connectivity index (χ4v) is 5.79. The number of imidazole rings is 1. The van der Waals surface area contributed by atoms with Crippen molar-refractivity contribution < 1.29 is 40.9 Å². The van der Waals surface area contributed by atoms with E-state index in [1.165, 1.54) is 17.8 Å². The van der Waals surface area contributed by atoms with Crippen molar-refractivity contribution >= 4 is 17.6 Å². The highest BCUT2D eigenvalue weighted by molar-refractivity contribution is 5.93. The summed E-state index contributed by atoms with van der Waals surface area (Å²) >= 11 is 0. The number of ether oxygens (including phenoxy) is 1. The minimum absolute atomic E-state index is 0.0428. The largest absolute Gasteiger partial charge is 0.410 e. The lowest BCUT2D eigenvalue weighted by Crippen LogP contribution is -2.40. The molecule has 3 fully saturated rings. The van der Waals surface area contributed by atoms with E-state index in [2.05, 4.69) is 25.7 Å². The summed E-state index contributed by atoms with van der Waals surface area (Å²) in [7, 11) is 1.36. The second-order valence-corrected chi connectivity index (χ2v) is 11.3. The number of hydrogen-bond donors (Lipinski definition) is 2. The van der Waals surface area contributed by atoms with E-state index in [-0.39, 0.29) is 55.5 Å². The molecule has 2 saturated carbocycles. The number of nitrogens with one attached hydrogen (secondary N) is 2. The SMILES string of the molecule is COCC(c1cnn2cc(C(NC(=O)c3nonc3C3CC3)C3CCC(F)(F)CC3)nc2c1)N1C[C@@H](C(F)(F)F)NC1=O. The summed E-state index contributed by atoms with van der Waals surface area (Å²) in [5, 5.41) is 16.8. The van der Waals surface area contributed by atoms with Crippen LogP contribution in [0, 0.1) is 5.92 Å². The zero-order chi connectivity index (χ0) is 30.5. The maximum Gasteiger partial charge on any atom is 0.410 e. The first-order chi connectivity index (χ1) is 20.4. The molecule has 12 nitrogen and oxygen atoms in total. The number of nitrogens with zero attached hydrogens (tertiary/aromatic N) is 6. The molecule has 4 heterocycles. The van der Waals surface area contributed by atoms with Crippen molar-refractivity contribution in [2.75, 3.05) is 20.3 Å². The van der Waals surface area contributed by atoms with Gasteiger partial charge in [0.25, 0.3) is 5.91 Å². The topological polar surface area (TPSA) is 140 Å². The third kappa shape index (κ3) is 5.99. The van der Waals surface area contributed by atoms with E-state index in [0.717, 1.165) is 17.7 Å². The first-order valence-electron chi connectivity index (χ1n) is 13.9. The second kappa shape index (κ2) is 11.0. The van der Waals surface area contributed by atoms with Crippen molar-refractivity contribution in [1.82, 2.24) is 40.4 Å². The molecule has 3 amide bonds. The van der Waals surface area contributed by atoms with Gasteiger partial charge in [0.05, 0.1) is 43.3 Å². The van der Waals surface area contributed by atoms with E-state index in [1.807, 2.05) is 5.32 Å². The summed E-state index contributed by atoms with van der Waals surface area (Å²) in [5.74, 6) is -3.64. The Morgan fingerprint density at radius 3 is 2.63 bits per heavy atom. The lowest BCUT2D eigenvalue weighted by Gasteiger charge is -2.33. The predicted molar refractivity (Wildman–Crippen MR) is 136 cm³/mol. The van der Waals surface area contributed by atoms with Crippen LogP contribution in [-0.4, -0.2) is 80.2 Å². The van der Waals surface area contributed by atoms with Gasteiger partial charge in [-0.3, -0.25) is 4.79 Å². The van der Waals surface area contributed by atoms with E-state index in [9.17, 15) is 31.5 Å². The molecule has 3 aromatic heterocycles. The molecule has 17 heteroatoms. The van der Waals surface area contributed by atoms with Crippen LogP contribution in [0.2, 0.25) is 0 Å². The second-order valence-electron chi connectivity index (χ2n) is 11.3. The monoisotopic (exact) mass is 612 g/mol. The molecular formula is C26H29F5N8O4. The minimum Gasteiger partial charge on any atom is -0.382 e. The molecule has 0 radical (unpaired) electrons. The molecule has 232 valence electrons. The first kappa shape index (κ1) is 29.2. The van der Waals surface area contributed by atoms with Crippen LogP contribution in [0.4, 0.5) is 26.7 Å². The van der Waals surface area contributed by atoms with Crippen molar-refractivity contribution in [3.05, 3.63) is 41.1 Å². The number of urea groups is 1. The van der Waals surface area contributed by atoms with Crippen molar-refractivity contribution in [1.29, 1.82) is 0 Å². The van der Waals surface area contributed by atoms with Gasteiger partial charge in [-0.1, -0.05) is 5.16 Å². The van der Waals surface area contributed by atoms with Gasteiger partial charge in [0, 0.05) is 31.4 Å². The van der Waals surface area contributed by atoms with Crippen LogP contribution in [0.25, 0.3) is 5.65 Å². The Balaban J connectivity index is 1.29. The molecule has 0 bridgehead atoms. The number of fused-ring (bicyclic) bond motifs is 1. The summed E-state index contributed by atoms with van der Waals surface area (Å²) in [6.07, 6.45) is -0.350. The van der Waals surface area contributed by atoms with Gasteiger partial charge in [0.2, 0.25) is 5.92 Å². The molecule has 3 aromatic rings. The Labute approximate surface area is 241 Å². The third-order valence-electron chi connectivity index (χ3n) is 8.31. The van der Waals surface area contributed by atoms with Crippen LogP contribution in [0.3, 0.4) is 0 Å². The molecule has 43 heavy (non-hydrogen) atoms. The highest BCUT2D eigenvalue weighted by Gasteiger charge is 2.49.